The smallest absolute Gasteiger partial charge is 0.221 e. The highest BCUT2D eigenvalue weighted by Gasteiger charge is 2.34. The normalized spacial score (nSPS) is 16.0. The maximum Gasteiger partial charge on any atom is 0.221 e. The van der Waals surface area contributed by atoms with E-state index in [1.54, 1.807) is 31.2 Å². The van der Waals surface area contributed by atoms with Gasteiger partial charge in [-0.2, -0.15) is 0 Å². The minimum atomic E-state index is -0.290. The molecule has 5 nitrogen and oxygen atoms in total. The van der Waals surface area contributed by atoms with Crippen molar-refractivity contribution in [3.63, 3.8) is 0 Å². The van der Waals surface area contributed by atoms with Crippen molar-refractivity contribution < 1.29 is 9.64 Å². The Hall–Kier alpha value is -2.30. The van der Waals surface area contributed by atoms with E-state index < -0.39 is 0 Å². The molecule has 0 fully saturated rings. The van der Waals surface area contributed by atoms with Crippen molar-refractivity contribution in [3.8, 4) is 0 Å². The van der Waals surface area contributed by atoms with Crippen LogP contribution >= 0.6 is 0 Å². The molecule has 0 atom stereocenters. The van der Waals surface area contributed by atoms with Crippen LogP contribution in [0.25, 0.3) is 0 Å². The first-order valence-electron chi connectivity index (χ1n) is 8.05. The topological polar surface area (TPSA) is 69.3 Å². The number of aliphatic imine (C=N–C) groups is 1. The SMILES string of the molecule is Cc1ccc(N=C2C=C(C(C)(C)C)C(=O)C(C(C)(C)C)=C2)n[n+]1[O-]. The van der Waals surface area contributed by atoms with Crippen molar-refractivity contribution in [2.75, 3.05) is 0 Å². The minimum absolute atomic E-state index is 0.0599. The molecule has 0 amide bonds. The fourth-order valence-electron chi connectivity index (χ4n) is 2.45. The van der Waals surface area contributed by atoms with Gasteiger partial charge in [-0.05, 0) is 29.0 Å². The average Bonchev–Trinajstić information content (AvgIpc) is 2.42. The maximum atomic E-state index is 12.9. The molecule has 0 radical (unpaired) electrons. The van der Waals surface area contributed by atoms with Crippen molar-refractivity contribution >= 4 is 17.3 Å². The number of carbonyl (C=O) groups is 1. The third kappa shape index (κ3) is 3.78. The van der Waals surface area contributed by atoms with Crippen LogP contribution in [0.2, 0.25) is 0 Å². The van der Waals surface area contributed by atoms with E-state index in [0.29, 0.717) is 22.1 Å². The molecule has 0 saturated heterocycles. The molecule has 0 spiro atoms. The van der Waals surface area contributed by atoms with E-state index in [1.165, 1.54) is 0 Å². The lowest BCUT2D eigenvalue weighted by Gasteiger charge is -2.30. The molecule has 5 heteroatoms. The predicted octanol–water partition coefficient (Wildman–Crippen LogP) is 3.62. The number of nitrogens with zero attached hydrogens (tertiary/aromatic N) is 3. The maximum absolute atomic E-state index is 12.9. The quantitative estimate of drug-likeness (QED) is 0.449. The highest BCUT2D eigenvalue weighted by atomic mass is 16.5. The van der Waals surface area contributed by atoms with E-state index >= 15 is 0 Å². The second-order valence-corrected chi connectivity index (χ2v) is 8.19. The summed E-state index contributed by atoms with van der Waals surface area (Å²) in [5.74, 6) is 0.388. The molecule has 1 heterocycles. The Labute approximate surface area is 143 Å². The second-order valence-electron chi connectivity index (χ2n) is 8.19. The van der Waals surface area contributed by atoms with Crippen LogP contribution in [0.3, 0.4) is 0 Å². The largest absolute Gasteiger partial charge is 0.594 e. The van der Waals surface area contributed by atoms with E-state index in [-0.39, 0.29) is 16.6 Å². The summed E-state index contributed by atoms with van der Waals surface area (Å²) >= 11 is 0. The molecule has 0 saturated carbocycles. The predicted molar refractivity (Wildman–Crippen MR) is 95.1 cm³/mol. The summed E-state index contributed by atoms with van der Waals surface area (Å²) in [6.45, 7) is 13.7. The lowest BCUT2D eigenvalue weighted by Crippen LogP contribution is -2.34. The van der Waals surface area contributed by atoms with Gasteiger partial charge in [-0.1, -0.05) is 46.4 Å². The number of hydrogen-bond donors (Lipinski definition) is 0. The molecular formula is C19H25N3O2. The Bertz CT molecular complexity index is 737. The van der Waals surface area contributed by atoms with Crippen LogP contribution in [-0.2, 0) is 4.79 Å². The lowest BCUT2D eigenvalue weighted by molar-refractivity contribution is -0.674. The first kappa shape index (κ1) is 18.0. The Balaban J connectivity index is 2.59. The molecular weight excluding hydrogens is 302 g/mol. The summed E-state index contributed by atoms with van der Waals surface area (Å²) in [6.07, 6.45) is 3.60. The molecule has 24 heavy (non-hydrogen) atoms. The van der Waals surface area contributed by atoms with E-state index in [2.05, 4.69) is 10.1 Å². The zero-order valence-corrected chi connectivity index (χ0v) is 15.5. The molecule has 0 N–H and O–H groups in total. The Kier molecular flexibility index (Phi) is 4.48. The highest BCUT2D eigenvalue weighted by Crippen LogP contribution is 2.37. The van der Waals surface area contributed by atoms with E-state index in [1.807, 2.05) is 41.5 Å². The van der Waals surface area contributed by atoms with Gasteiger partial charge in [0, 0.05) is 29.2 Å². The molecule has 2 rings (SSSR count). The number of carbonyl (C=O) groups excluding carboxylic acids is 1. The highest BCUT2D eigenvalue weighted by molar-refractivity contribution is 6.23. The first-order valence-corrected chi connectivity index (χ1v) is 8.05. The fraction of sp³-hybridized carbons (Fsp3) is 0.474. The number of ketones is 1. The zero-order chi connectivity index (χ0) is 18.3. The van der Waals surface area contributed by atoms with Gasteiger partial charge >= 0.3 is 0 Å². The fourth-order valence-corrected chi connectivity index (χ4v) is 2.45. The monoisotopic (exact) mass is 327 g/mol. The van der Waals surface area contributed by atoms with Crippen LogP contribution in [0, 0.1) is 23.0 Å². The van der Waals surface area contributed by atoms with Crippen molar-refractivity contribution in [1.29, 1.82) is 0 Å². The van der Waals surface area contributed by atoms with Crippen LogP contribution in [0.4, 0.5) is 5.82 Å². The van der Waals surface area contributed by atoms with E-state index in [9.17, 15) is 10.0 Å². The van der Waals surface area contributed by atoms with Crippen LogP contribution in [0.15, 0.2) is 40.4 Å². The third-order valence-corrected chi connectivity index (χ3v) is 3.90. The van der Waals surface area contributed by atoms with Crippen molar-refractivity contribution in [1.82, 2.24) is 5.10 Å². The van der Waals surface area contributed by atoms with Gasteiger partial charge in [0.25, 0.3) is 0 Å². The summed E-state index contributed by atoms with van der Waals surface area (Å²) in [4.78, 5) is 17.9. The molecule has 0 aliphatic heterocycles. The standard InChI is InChI=1S/C19H25N3O2/c1-12-8-9-16(21-22(12)24)20-13-10-14(18(2,3)4)17(23)15(11-13)19(5,6)7/h8-11H,1-7H3. The summed E-state index contributed by atoms with van der Waals surface area (Å²) in [6, 6.07) is 3.37. The number of aryl methyl sites for hydroxylation is 1. The van der Waals surface area contributed by atoms with Crippen molar-refractivity contribution in [3.05, 3.63) is 46.3 Å². The summed E-state index contributed by atoms with van der Waals surface area (Å²) < 4.78 is 0. The third-order valence-electron chi connectivity index (χ3n) is 3.90. The van der Waals surface area contributed by atoms with Gasteiger partial charge in [0.15, 0.2) is 5.78 Å². The average molecular weight is 327 g/mol. The summed E-state index contributed by atoms with van der Waals surface area (Å²) in [7, 11) is 0. The first-order chi connectivity index (χ1) is 10.9. The van der Waals surface area contributed by atoms with Gasteiger partial charge in [0.2, 0.25) is 11.5 Å². The van der Waals surface area contributed by atoms with Gasteiger partial charge in [0.05, 0.1) is 5.71 Å². The van der Waals surface area contributed by atoms with Crippen molar-refractivity contribution in [2.45, 2.75) is 48.5 Å². The van der Waals surface area contributed by atoms with E-state index in [0.717, 1.165) is 11.1 Å². The molecule has 1 aromatic rings. The lowest BCUT2D eigenvalue weighted by atomic mass is 9.72. The molecule has 0 bridgehead atoms. The number of aromatic nitrogens is 2. The van der Waals surface area contributed by atoms with Gasteiger partial charge in [-0.25, -0.2) is 4.99 Å². The van der Waals surface area contributed by atoms with Gasteiger partial charge in [-0.15, -0.1) is 0 Å². The van der Waals surface area contributed by atoms with Gasteiger partial charge in [-0.3, -0.25) is 4.79 Å². The summed E-state index contributed by atoms with van der Waals surface area (Å²) in [5.41, 5.74) is 2.01. The Morgan fingerprint density at radius 1 is 1.00 bits per heavy atom. The summed E-state index contributed by atoms with van der Waals surface area (Å²) in [5, 5.41) is 15.5. The van der Waals surface area contributed by atoms with Crippen LogP contribution in [0.5, 0.6) is 0 Å². The molecule has 1 aromatic heterocycles. The Morgan fingerprint density at radius 2 is 1.50 bits per heavy atom. The second kappa shape index (κ2) is 5.96. The van der Waals surface area contributed by atoms with Crippen LogP contribution in [-0.4, -0.2) is 16.6 Å². The number of hydrogen-bond acceptors (Lipinski definition) is 4. The molecule has 0 unspecified atom stereocenters. The molecule has 1 aliphatic rings. The van der Waals surface area contributed by atoms with E-state index in [4.69, 9.17) is 0 Å². The number of rotatable bonds is 1. The number of allylic oxidation sites excluding steroid dienone is 4. The molecule has 0 aromatic carbocycles. The van der Waals surface area contributed by atoms with Crippen LogP contribution < -0.4 is 4.85 Å². The molecule has 1 aliphatic carbocycles. The molecule has 128 valence electrons. The van der Waals surface area contributed by atoms with Gasteiger partial charge in [0.1, 0.15) is 0 Å². The minimum Gasteiger partial charge on any atom is -0.594 e. The van der Waals surface area contributed by atoms with Crippen molar-refractivity contribution in [2.24, 2.45) is 15.8 Å². The van der Waals surface area contributed by atoms with Gasteiger partial charge < -0.3 is 5.21 Å². The zero-order valence-electron chi connectivity index (χ0n) is 15.5. The van der Waals surface area contributed by atoms with Crippen LogP contribution in [0.1, 0.15) is 47.2 Å². The number of Topliss-reactive ketones (excluding diaryl/α,β-unsaturated/α-hetero) is 1. The Morgan fingerprint density at radius 3 is 1.92 bits per heavy atom.